The molecule has 0 radical (unpaired) electrons. The summed E-state index contributed by atoms with van der Waals surface area (Å²) < 4.78 is 1.72. The van der Waals surface area contributed by atoms with Crippen molar-refractivity contribution >= 4 is 17.5 Å². The normalized spacial score (nSPS) is 21.1. The largest absolute Gasteiger partial charge is 0.349 e. The molecule has 2 aromatic rings. The minimum atomic E-state index is -0.122. The highest BCUT2D eigenvalue weighted by Gasteiger charge is 2.29. The van der Waals surface area contributed by atoms with Crippen molar-refractivity contribution in [3.05, 3.63) is 30.2 Å². The summed E-state index contributed by atoms with van der Waals surface area (Å²) in [5.41, 5.74) is 1.27. The number of amides is 2. The zero-order valence-corrected chi connectivity index (χ0v) is 13.4. The highest BCUT2D eigenvalue weighted by molar-refractivity contribution is 5.94. The molecule has 122 valence electrons. The van der Waals surface area contributed by atoms with Crippen LogP contribution in [0.1, 0.15) is 36.0 Å². The molecule has 1 N–H and O–H groups in total. The summed E-state index contributed by atoms with van der Waals surface area (Å²) in [4.78, 5) is 26.2. The topological polar surface area (TPSA) is 79.6 Å². The third-order valence-electron chi connectivity index (χ3n) is 4.35. The molecule has 0 bridgehead atoms. The van der Waals surface area contributed by atoms with Gasteiger partial charge >= 0.3 is 0 Å². The standard InChI is InChI=1S/C16H21N5O2/c1-20(2)16(23)11-4-3-5-13(8-11)18-15(22)12-6-7-14-19-17-10-21(14)9-12/h6-7,9-11,13H,3-5,8H2,1-2H3,(H,18,22). The van der Waals surface area contributed by atoms with Gasteiger partial charge in [0.25, 0.3) is 5.91 Å². The summed E-state index contributed by atoms with van der Waals surface area (Å²) in [6, 6.07) is 3.55. The molecule has 7 nitrogen and oxygen atoms in total. The number of nitrogens with zero attached hydrogens (tertiary/aromatic N) is 4. The number of carbonyl (C=O) groups excluding carboxylic acids is 2. The number of nitrogens with one attached hydrogen (secondary N) is 1. The molecule has 3 rings (SSSR count). The Kier molecular flexibility index (Phi) is 4.27. The molecule has 0 aliphatic heterocycles. The van der Waals surface area contributed by atoms with Gasteiger partial charge in [-0.1, -0.05) is 6.42 Å². The monoisotopic (exact) mass is 315 g/mol. The summed E-state index contributed by atoms with van der Waals surface area (Å²) in [5, 5.41) is 10.8. The van der Waals surface area contributed by atoms with E-state index in [-0.39, 0.29) is 23.8 Å². The number of hydrogen-bond donors (Lipinski definition) is 1. The van der Waals surface area contributed by atoms with E-state index in [2.05, 4.69) is 15.5 Å². The van der Waals surface area contributed by atoms with Gasteiger partial charge in [0.2, 0.25) is 5.91 Å². The van der Waals surface area contributed by atoms with Crippen molar-refractivity contribution < 1.29 is 9.59 Å². The quantitative estimate of drug-likeness (QED) is 0.920. The molecular formula is C16H21N5O2. The van der Waals surface area contributed by atoms with Crippen LogP contribution < -0.4 is 5.32 Å². The predicted molar refractivity (Wildman–Crippen MR) is 84.9 cm³/mol. The maximum atomic E-state index is 12.4. The number of rotatable bonds is 3. The van der Waals surface area contributed by atoms with Crippen molar-refractivity contribution in [2.75, 3.05) is 14.1 Å². The molecule has 2 unspecified atom stereocenters. The summed E-state index contributed by atoms with van der Waals surface area (Å²) in [5.74, 6) is 0.0304. The van der Waals surface area contributed by atoms with Crippen LogP contribution >= 0.6 is 0 Å². The van der Waals surface area contributed by atoms with E-state index in [4.69, 9.17) is 0 Å². The van der Waals surface area contributed by atoms with E-state index >= 15 is 0 Å². The molecule has 2 aromatic heterocycles. The van der Waals surface area contributed by atoms with Crippen LogP contribution in [0.25, 0.3) is 5.65 Å². The van der Waals surface area contributed by atoms with Crippen molar-refractivity contribution in [1.29, 1.82) is 0 Å². The van der Waals surface area contributed by atoms with Gasteiger partial charge in [0.1, 0.15) is 6.33 Å². The molecule has 1 fully saturated rings. The van der Waals surface area contributed by atoms with Crippen molar-refractivity contribution in [1.82, 2.24) is 24.8 Å². The van der Waals surface area contributed by atoms with Gasteiger partial charge in [-0.05, 0) is 31.4 Å². The Balaban J connectivity index is 1.66. The van der Waals surface area contributed by atoms with Gasteiger partial charge < -0.3 is 10.2 Å². The molecule has 0 saturated heterocycles. The lowest BCUT2D eigenvalue weighted by Gasteiger charge is -2.30. The minimum Gasteiger partial charge on any atom is -0.349 e. The van der Waals surface area contributed by atoms with Gasteiger partial charge in [0, 0.05) is 32.3 Å². The molecule has 0 aromatic carbocycles. The van der Waals surface area contributed by atoms with E-state index < -0.39 is 0 Å². The van der Waals surface area contributed by atoms with Gasteiger partial charge in [-0.15, -0.1) is 10.2 Å². The maximum absolute atomic E-state index is 12.4. The number of pyridine rings is 1. The molecule has 23 heavy (non-hydrogen) atoms. The van der Waals surface area contributed by atoms with Crippen LogP contribution in [0.2, 0.25) is 0 Å². The molecule has 2 amide bonds. The van der Waals surface area contributed by atoms with Crippen LogP contribution in [0, 0.1) is 5.92 Å². The first-order valence-corrected chi connectivity index (χ1v) is 7.86. The number of hydrogen-bond acceptors (Lipinski definition) is 4. The van der Waals surface area contributed by atoms with Gasteiger partial charge in [0.05, 0.1) is 5.56 Å². The van der Waals surface area contributed by atoms with E-state index in [1.165, 1.54) is 0 Å². The average Bonchev–Trinajstić information content (AvgIpc) is 3.01. The molecule has 7 heteroatoms. The molecule has 1 aliphatic carbocycles. The molecule has 1 saturated carbocycles. The molecule has 0 spiro atoms. The van der Waals surface area contributed by atoms with Gasteiger partial charge in [0.15, 0.2) is 5.65 Å². The molecule has 2 atom stereocenters. The first-order chi connectivity index (χ1) is 11.0. The first kappa shape index (κ1) is 15.5. The second-order valence-electron chi connectivity index (χ2n) is 6.28. The van der Waals surface area contributed by atoms with Crippen molar-refractivity contribution in [2.45, 2.75) is 31.7 Å². The summed E-state index contributed by atoms with van der Waals surface area (Å²) in [7, 11) is 3.55. The average molecular weight is 315 g/mol. The number of fused-ring (bicyclic) bond motifs is 1. The van der Waals surface area contributed by atoms with Gasteiger partial charge in [-0.25, -0.2) is 0 Å². The Hall–Kier alpha value is -2.44. The smallest absolute Gasteiger partial charge is 0.252 e. The molecule has 2 heterocycles. The highest BCUT2D eigenvalue weighted by atomic mass is 16.2. The Morgan fingerprint density at radius 3 is 2.91 bits per heavy atom. The SMILES string of the molecule is CN(C)C(=O)C1CCCC(NC(=O)c2ccc3nncn3c2)C1. The lowest BCUT2D eigenvalue weighted by Crippen LogP contribution is -2.42. The fourth-order valence-electron chi connectivity index (χ4n) is 3.14. The predicted octanol–water partition coefficient (Wildman–Crippen LogP) is 1.11. The molecule has 1 aliphatic rings. The maximum Gasteiger partial charge on any atom is 0.252 e. The van der Waals surface area contributed by atoms with Crippen molar-refractivity contribution in [2.24, 2.45) is 5.92 Å². The lowest BCUT2D eigenvalue weighted by atomic mass is 9.84. The van der Waals surface area contributed by atoms with Crippen LogP contribution in [0.4, 0.5) is 0 Å². The van der Waals surface area contributed by atoms with E-state index in [9.17, 15) is 9.59 Å². The van der Waals surface area contributed by atoms with Crippen molar-refractivity contribution in [3.8, 4) is 0 Å². The van der Waals surface area contributed by atoms with Crippen LogP contribution in [0.15, 0.2) is 24.7 Å². The Morgan fingerprint density at radius 1 is 1.30 bits per heavy atom. The van der Waals surface area contributed by atoms with Crippen LogP contribution in [-0.4, -0.2) is 51.4 Å². The lowest BCUT2D eigenvalue weighted by molar-refractivity contribution is -0.134. The number of aromatic nitrogens is 3. The van der Waals surface area contributed by atoms with Gasteiger partial charge in [-0.2, -0.15) is 0 Å². The second-order valence-corrected chi connectivity index (χ2v) is 6.28. The summed E-state index contributed by atoms with van der Waals surface area (Å²) in [6.45, 7) is 0. The second kappa shape index (κ2) is 6.36. The van der Waals surface area contributed by atoms with Crippen molar-refractivity contribution in [3.63, 3.8) is 0 Å². The molecular weight excluding hydrogens is 294 g/mol. The zero-order valence-electron chi connectivity index (χ0n) is 13.4. The van der Waals surface area contributed by atoms with E-state index in [1.54, 1.807) is 48.1 Å². The van der Waals surface area contributed by atoms with Gasteiger partial charge in [-0.3, -0.25) is 14.0 Å². The van der Waals surface area contributed by atoms with Crippen LogP contribution in [0.5, 0.6) is 0 Å². The highest BCUT2D eigenvalue weighted by Crippen LogP contribution is 2.25. The van der Waals surface area contributed by atoms with Crippen LogP contribution in [0.3, 0.4) is 0 Å². The third-order valence-corrected chi connectivity index (χ3v) is 4.35. The van der Waals surface area contributed by atoms with Crippen LogP contribution in [-0.2, 0) is 4.79 Å². The fraction of sp³-hybridized carbons (Fsp3) is 0.500. The Bertz CT molecular complexity index is 724. The van der Waals surface area contributed by atoms with E-state index in [0.717, 1.165) is 19.3 Å². The third kappa shape index (κ3) is 3.33. The van der Waals surface area contributed by atoms with E-state index in [1.807, 2.05) is 0 Å². The minimum absolute atomic E-state index is 0.00405. The fourth-order valence-corrected chi connectivity index (χ4v) is 3.14. The first-order valence-electron chi connectivity index (χ1n) is 7.86. The Labute approximate surface area is 134 Å². The van der Waals surface area contributed by atoms with E-state index in [0.29, 0.717) is 17.6 Å². The Morgan fingerprint density at radius 2 is 2.13 bits per heavy atom. The summed E-state index contributed by atoms with van der Waals surface area (Å²) >= 11 is 0. The number of carbonyl (C=O) groups is 2. The summed E-state index contributed by atoms with van der Waals surface area (Å²) in [6.07, 6.45) is 6.76. The zero-order chi connectivity index (χ0) is 16.4.